The molecule has 0 aromatic heterocycles. The van der Waals surface area contributed by atoms with Crippen molar-refractivity contribution in [2.24, 2.45) is 11.5 Å². The third-order valence-corrected chi connectivity index (χ3v) is 2.34. The van der Waals surface area contributed by atoms with E-state index in [0.29, 0.717) is 12.1 Å². The van der Waals surface area contributed by atoms with Gasteiger partial charge in [-0.15, -0.1) is 0 Å². The van der Waals surface area contributed by atoms with Crippen LogP contribution < -0.4 is 16.8 Å². The molecular weight excluding hydrogens is 162 g/mol. The summed E-state index contributed by atoms with van der Waals surface area (Å²) in [5, 5.41) is 3.39. The van der Waals surface area contributed by atoms with Crippen molar-refractivity contribution in [1.29, 1.82) is 0 Å². The third-order valence-electron chi connectivity index (χ3n) is 2.34. The van der Waals surface area contributed by atoms with Gasteiger partial charge in [-0.3, -0.25) is 0 Å². The average Bonchev–Trinajstić information content (AvgIpc) is 2.02. The van der Waals surface area contributed by atoms with Crippen molar-refractivity contribution in [1.82, 2.24) is 5.32 Å². The molecule has 0 aliphatic heterocycles. The zero-order valence-corrected chi connectivity index (χ0v) is 9.22. The van der Waals surface area contributed by atoms with Gasteiger partial charge in [0.15, 0.2) is 0 Å². The van der Waals surface area contributed by atoms with Gasteiger partial charge in [-0.05, 0) is 40.2 Å². The lowest BCUT2D eigenvalue weighted by Crippen LogP contribution is -2.41. The highest BCUT2D eigenvalue weighted by molar-refractivity contribution is 4.69. The van der Waals surface area contributed by atoms with Crippen LogP contribution in [0.25, 0.3) is 0 Å². The van der Waals surface area contributed by atoms with Crippen molar-refractivity contribution in [2.45, 2.75) is 58.2 Å². The molecule has 0 spiro atoms. The summed E-state index contributed by atoms with van der Waals surface area (Å²) in [6.45, 7) is 7.25. The minimum absolute atomic E-state index is 0.230. The van der Waals surface area contributed by atoms with Gasteiger partial charge in [0.2, 0.25) is 0 Å². The molecule has 0 saturated heterocycles. The minimum atomic E-state index is 0.230. The molecule has 80 valence electrons. The summed E-state index contributed by atoms with van der Waals surface area (Å²) in [5.74, 6) is 0. The number of unbranched alkanes of at least 4 members (excludes halogenated alkanes) is 1. The van der Waals surface area contributed by atoms with E-state index >= 15 is 0 Å². The van der Waals surface area contributed by atoms with E-state index in [1.807, 2.05) is 6.92 Å². The van der Waals surface area contributed by atoms with Crippen LogP contribution in [0.3, 0.4) is 0 Å². The maximum Gasteiger partial charge on any atom is 0.0188 e. The summed E-state index contributed by atoms with van der Waals surface area (Å²) in [4.78, 5) is 0. The predicted molar refractivity (Wildman–Crippen MR) is 58.6 cm³/mol. The molecule has 0 aromatic carbocycles. The minimum Gasteiger partial charge on any atom is -0.328 e. The summed E-state index contributed by atoms with van der Waals surface area (Å²) >= 11 is 0. The fourth-order valence-electron chi connectivity index (χ4n) is 1.11. The SMILES string of the molecule is CC(N)CCCCNC(C)C(C)N. The molecule has 0 bridgehead atoms. The van der Waals surface area contributed by atoms with E-state index in [0.717, 1.165) is 13.0 Å². The largest absolute Gasteiger partial charge is 0.328 e. The highest BCUT2D eigenvalue weighted by atomic mass is 14.9. The van der Waals surface area contributed by atoms with Crippen molar-refractivity contribution in [3.63, 3.8) is 0 Å². The van der Waals surface area contributed by atoms with Gasteiger partial charge in [0.25, 0.3) is 0 Å². The van der Waals surface area contributed by atoms with E-state index in [1.54, 1.807) is 0 Å². The molecule has 0 radical (unpaired) electrons. The lowest BCUT2D eigenvalue weighted by atomic mass is 10.1. The first kappa shape index (κ1) is 12.9. The van der Waals surface area contributed by atoms with Crippen molar-refractivity contribution in [2.75, 3.05) is 6.54 Å². The molecule has 0 rings (SSSR count). The Labute approximate surface area is 82.3 Å². The van der Waals surface area contributed by atoms with E-state index in [2.05, 4.69) is 19.2 Å². The molecule has 0 aliphatic rings. The predicted octanol–water partition coefficient (Wildman–Crippen LogP) is 0.829. The molecule has 0 heterocycles. The van der Waals surface area contributed by atoms with Crippen molar-refractivity contribution < 1.29 is 0 Å². The molecule has 3 nitrogen and oxygen atoms in total. The maximum atomic E-state index is 5.72. The smallest absolute Gasteiger partial charge is 0.0188 e. The van der Waals surface area contributed by atoms with Crippen LogP contribution in [0.1, 0.15) is 40.0 Å². The van der Waals surface area contributed by atoms with Crippen LogP contribution in [0, 0.1) is 0 Å². The molecule has 0 aromatic rings. The number of hydrogen-bond acceptors (Lipinski definition) is 3. The first-order valence-electron chi connectivity index (χ1n) is 5.28. The highest BCUT2D eigenvalue weighted by Crippen LogP contribution is 1.97. The van der Waals surface area contributed by atoms with Crippen LogP contribution in [0.2, 0.25) is 0 Å². The van der Waals surface area contributed by atoms with Crippen LogP contribution in [0.4, 0.5) is 0 Å². The Hall–Kier alpha value is -0.120. The summed E-state index contributed by atoms with van der Waals surface area (Å²) in [7, 11) is 0. The topological polar surface area (TPSA) is 64.1 Å². The Morgan fingerprint density at radius 2 is 1.69 bits per heavy atom. The Morgan fingerprint density at radius 1 is 1.08 bits per heavy atom. The number of hydrogen-bond donors (Lipinski definition) is 3. The summed E-state index contributed by atoms with van der Waals surface area (Å²) in [6.07, 6.45) is 3.52. The van der Waals surface area contributed by atoms with Gasteiger partial charge in [-0.25, -0.2) is 0 Å². The molecule has 13 heavy (non-hydrogen) atoms. The zero-order valence-electron chi connectivity index (χ0n) is 9.22. The molecule has 0 fully saturated rings. The second kappa shape index (κ2) is 7.30. The Morgan fingerprint density at radius 3 is 2.15 bits per heavy atom. The molecule has 3 atom stereocenters. The standard InChI is InChI=1S/C10H25N3/c1-8(11)6-4-5-7-13-10(3)9(2)12/h8-10,13H,4-7,11-12H2,1-3H3. The van der Waals surface area contributed by atoms with Crippen LogP contribution in [-0.4, -0.2) is 24.7 Å². The normalized spacial score (nSPS) is 18.2. The molecular formula is C10H25N3. The maximum absolute atomic E-state index is 5.72. The van der Waals surface area contributed by atoms with E-state index < -0.39 is 0 Å². The van der Waals surface area contributed by atoms with Gasteiger partial charge in [0.05, 0.1) is 0 Å². The first-order valence-corrected chi connectivity index (χ1v) is 5.28. The molecule has 3 unspecified atom stereocenters. The van der Waals surface area contributed by atoms with Gasteiger partial charge in [-0.2, -0.15) is 0 Å². The van der Waals surface area contributed by atoms with Crippen LogP contribution >= 0.6 is 0 Å². The third kappa shape index (κ3) is 8.22. The van der Waals surface area contributed by atoms with Crippen molar-refractivity contribution in [3.8, 4) is 0 Å². The van der Waals surface area contributed by atoms with E-state index in [9.17, 15) is 0 Å². The van der Waals surface area contributed by atoms with Gasteiger partial charge in [-0.1, -0.05) is 6.42 Å². The first-order chi connectivity index (χ1) is 6.04. The molecule has 0 aliphatic carbocycles. The second-order valence-electron chi connectivity index (χ2n) is 4.07. The zero-order chi connectivity index (χ0) is 10.3. The van der Waals surface area contributed by atoms with Crippen LogP contribution in [0.5, 0.6) is 0 Å². The highest BCUT2D eigenvalue weighted by Gasteiger charge is 2.04. The van der Waals surface area contributed by atoms with Gasteiger partial charge < -0.3 is 16.8 Å². The molecule has 3 heteroatoms. The lowest BCUT2D eigenvalue weighted by Gasteiger charge is -2.17. The number of nitrogens with two attached hydrogens (primary N) is 2. The lowest BCUT2D eigenvalue weighted by molar-refractivity contribution is 0.462. The summed E-state index contributed by atoms with van der Waals surface area (Å²) in [5.41, 5.74) is 11.4. The number of nitrogens with one attached hydrogen (secondary N) is 1. The summed E-state index contributed by atoms with van der Waals surface area (Å²) < 4.78 is 0. The van der Waals surface area contributed by atoms with Crippen molar-refractivity contribution in [3.05, 3.63) is 0 Å². The second-order valence-corrected chi connectivity index (χ2v) is 4.07. The van der Waals surface area contributed by atoms with E-state index in [-0.39, 0.29) is 6.04 Å². The Bertz CT molecular complexity index is 113. The average molecular weight is 187 g/mol. The molecule has 0 amide bonds. The quantitative estimate of drug-likeness (QED) is 0.517. The fourth-order valence-corrected chi connectivity index (χ4v) is 1.11. The Balaban J connectivity index is 3.16. The monoisotopic (exact) mass is 187 g/mol. The number of rotatable bonds is 7. The Kier molecular flexibility index (Phi) is 7.23. The van der Waals surface area contributed by atoms with E-state index in [4.69, 9.17) is 11.5 Å². The molecule has 5 N–H and O–H groups in total. The van der Waals surface area contributed by atoms with Gasteiger partial charge in [0, 0.05) is 18.1 Å². The van der Waals surface area contributed by atoms with E-state index in [1.165, 1.54) is 12.8 Å². The van der Waals surface area contributed by atoms with Crippen LogP contribution in [0.15, 0.2) is 0 Å². The molecule has 0 saturated carbocycles. The van der Waals surface area contributed by atoms with Gasteiger partial charge >= 0.3 is 0 Å². The van der Waals surface area contributed by atoms with Crippen molar-refractivity contribution >= 4 is 0 Å². The van der Waals surface area contributed by atoms with Crippen LogP contribution in [-0.2, 0) is 0 Å². The van der Waals surface area contributed by atoms with Gasteiger partial charge in [0.1, 0.15) is 0 Å². The summed E-state index contributed by atoms with van der Waals surface area (Å²) in [6, 6.07) is 0.981. The fraction of sp³-hybridized carbons (Fsp3) is 1.00.